The Hall–Kier alpha value is -2.93. The van der Waals surface area contributed by atoms with Gasteiger partial charge in [0.2, 0.25) is 6.17 Å². The van der Waals surface area contributed by atoms with Gasteiger partial charge in [-0.25, -0.2) is 14.2 Å². The van der Waals surface area contributed by atoms with Gasteiger partial charge in [0.1, 0.15) is 5.82 Å². The molecule has 0 aliphatic carbocycles. The molecule has 2 N–H and O–H groups in total. The number of rotatable bonds is 2. The van der Waals surface area contributed by atoms with Crippen LogP contribution in [0.4, 0.5) is 14.9 Å². The number of likely N-dealkylation sites (N-methyl/N-ethyl adjacent to an activating group) is 1. The number of fused-ring (bicyclic) bond motifs is 1. The molecule has 0 fully saturated rings. The highest BCUT2D eigenvalue weighted by Crippen LogP contribution is 2.33. The van der Waals surface area contributed by atoms with E-state index in [1.807, 2.05) is 20.8 Å². The Labute approximate surface area is 173 Å². The van der Waals surface area contributed by atoms with Gasteiger partial charge in [-0.1, -0.05) is 29.8 Å². The summed E-state index contributed by atoms with van der Waals surface area (Å²) in [5, 5.41) is 5.63. The van der Waals surface area contributed by atoms with E-state index >= 15 is 0 Å². The fourth-order valence-corrected chi connectivity index (χ4v) is 3.29. The highest BCUT2D eigenvalue weighted by atomic mass is 35.5. The van der Waals surface area contributed by atoms with Crippen LogP contribution in [0.15, 0.2) is 47.5 Å². The zero-order valence-electron chi connectivity index (χ0n) is 16.6. The van der Waals surface area contributed by atoms with E-state index < -0.39 is 29.5 Å². The topological polar surface area (TPSA) is 73.8 Å². The number of nitrogens with zero attached hydrogens (tertiary/aromatic N) is 2. The molecule has 1 atom stereocenters. The largest absolute Gasteiger partial charge is 0.334 e. The van der Waals surface area contributed by atoms with Gasteiger partial charge in [-0.05, 0) is 45.0 Å². The maximum absolute atomic E-state index is 14.6. The summed E-state index contributed by atoms with van der Waals surface area (Å²) < 4.78 is 14.6. The molecular formula is C21H22ClFN4O2. The maximum atomic E-state index is 14.6. The third-order valence-electron chi connectivity index (χ3n) is 4.30. The molecule has 0 saturated carbocycles. The number of urea groups is 1. The number of benzene rings is 2. The first-order chi connectivity index (χ1) is 13.6. The van der Waals surface area contributed by atoms with Crippen molar-refractivity contribution >= 4 is 34.9 Å². The Morgan fingerprint density at radius 2 is 1.86 bits per heavy atom. The van der Waals surface area contributed by atoms with Crippen LogP contribution in [0, 0.1) is 5.82 Å². The summed E-state index contributed by atoms with van der Waals surface area (Å²) in [4.78, 5) is 31.2. The van der Waals surface area contributed by atoms with Crippen LogP contribution < -0.4 is 15.5 Å². The summed E-state index contributed by atoms with van der Waals surface area (Å²) in [6, 6.07) is 10.6. The van der Waals surface area contributed by atoms with Gasteiger partial charge >= 0.3 is 6.03 Å². The van der Waals surface area contributed by atoms with E-state index in [-0.39, 0.29) is 11.3 Å². The first kappa shape index (κ1) is 20.8. The molecule has 6 nitrogen and oxygen atoms in total. The molecule has 0 spiro atoms. The third kappa shape index (κ3) is 4.40. The predicted molar refractivity (Wildman–Crippen MR) is 112 cm³/mol. The van der Waals surface area contributed by atoms with Gasteiger partial charge in [-0.2, -0.15) is 0 Å². The molecule has 1 aliphatic heterocycles. The van der Waals surface area contributed by atoms with E-state index in [0.29, 0.717) is 16.3 Å². The lowest BCUT2D eigenvalue weighted by molar-refractivity contribution is -0.119. The summed E-state index contributed by atoms with van der Waals surface area (Å²) in [5.41, 5.74) is 0.782. The average Bonchev–Trinajstić information content (AvgIpc) is 2.72. The van der Waals surface area contributed by atoms with Crippen molar-refractivity contribution in [2.45, 2.75) is 32.5 Å². The second kappa shape index (κ2) is 7.83. The highest BCUT2D eigenvalue weighted by Gasteiger charge is 2.33. The van der Waals surface area contributed by atoms with Crippen LogP contribution in [0.25, 0.3) is 0 Å². The Morgan fingerprint density at radius 1 is 1.17 bits per heavy atom. The second-order valence-corrected chi connectivity index (χ2v) is 8.15. The highest BCUT2D eigenvalue weighted by molar-refractivity contribution is 6.37. The number of aliphatic imine (C=N–C) groups is 1. The number of amides is 3. The lowest BCUT2D eigenvalue weighted by Crippen LogP contribution is -2.53. The molecule has 1 aliphatic rings. The molecule has 29 heavy (non-hydrogen) atoms. The average molecular weight is 417 g/mol. The number of anilines is 1. The van der Waals surface area contributed by atoms with E-state index in [2.05, 4.69) is 15.6 Å². The molecule has 8 heteroatoms. The summed E-state index contributed by atoms with van der Waals surface area (Å²) in [7, 11) is 1.56. The zero-order chi connectivity index (χ0) is 21.3. The van der Waals surface area contributed by atoms with Crippen molar-refractivity contribution in [3.8, 4) is 0 Å². The van der Waals surface area contributed by atoms with Crippen LogP contribution in [-0.2, 0) is 4.79 Å². The van der Waals surface area contributed by atoms with E-state index in [9.17, 15) is 14.0 Å². The zero-order valence-corrected chi connectivity index (χ0v) is 17.3. The molecule has 3 rings (SSSR count). The molecule has 0 bridgehead atoms. The maximum Gasteiger partial charge on any atom is 0.317 e. The molecule has 0 saturated heterocycles. The van der Waals surface area contributed by atoms with Gasteiger partial charge in [0.05, 0.1) is 16.4 Å². The van der Waals surface area contributed by atoms with Gasteiger partial charge < -0.3 is 15.5 Å². The number of hydrogen-bond acceptors (Lipinski definition) is 3. The van der Waals surface area contributed by atoms with Crippen molar-refractivity contribution in [1.29, 1.82) is 0 Å². The van der Waals surface area contributed by atoms with Crippen molar-refractivity contribution in [1.82, 2.24) is 10.6 Å². The predicted octanol–water partition coefficient (Wildman–Crippen LogP) is 3.72. The summed E-state index contributed by atoms with van der Waals surface area (Å²) in [5.74, 6) is -0.976. The first-order valence-corrected chi connectivity index (χ1v) is 9.44. The number of nitrogens with one attached hydrogen (secondary N) is 2. The molecule has 0 radical (unpaired) electrons. The smallest absolute Gasteiger partial charge is 0.317 e. The minimum absolute atomic E-state index is 0.188. The first-order valence-electron chi connectivity index (χ1n) is 9.06. The summed E-state index contributed by atoms with van der Waals surface area (Å²) >= 11 is 6.42. The Morgan fingerprint density at radius 3 is 2.52 bits per heavy atom. The van der Waals surface area contributed by atoms with Gasteiger partial charge in [-0.15, -0.1) is 0 Å². The van der Waals surface area contributed by atoms with Crippen molar-refractivity contribution in [3.05, 3.63) is 64.4 Å². The number of carbonyl (C=O) groups is 2. The van der Waals surface area contributed by atoms with Crippen LogP contribution in [0.2, 0.25) is 5.02 Å². The lowest BCUT2D eigenvalue weighted by Gasteiger charge is -2.24. The Bertz CT molecular complexity index is 1000. The molecule has 0 aromatic heterocycles. The lowest BCUT2D eigenvalue weighted by atomic mass is 9.99. The van der Waals surface area contributed by atoms with Gasteiger partial charge in [0, 0.05) is 23.7 Å². The number of halogens is 2. The molecule has 3 amide bonds. The number of benzodiazepines with no additional fused rings is 1. The van der Waals surface area contributed by atoms with E-state index in [1.54, 1.807) is 43.4 Å². The quantitative estimate of drug-likeness (QED) is 0.783. The second-order valence-electron chi connectivity index (χ2n) is 7.74. The fraction of sp³-hybridized carbons (Fsp3) is 0.286. The van der Waals surface area contributed by atoms with E-state index in [4.69, 9.17) is 11.6 Å². The molecule has 1 heterocycles. The molecular weight excluding hydrogens is 395 g/mol. The van der Waals surface area contributed by atoms with Gasteiger partial charge in [0.25, 0.3) is 5.91 Å². The van der Waals surface area contributed by atoms with Crippen LogP contribution in [0.3, 0.4) is 0 Å². The minimum Gasteiger partial charge on any atom is -0.334 e. The SMILES string of the molecule is CN1C(=O)C(NC(=O)NC(C)(C)C)N=C(c2ccccc2F)c2c(Cl)cccc21. The van der Waals surface area contributed by atoms with E-state index in [0.717, 1.165) is 0 Å². The van der Waals surface area contributed by atoms with E-state index in [1.165, 1.54) is 11.0 Å². The van der Waals surface area contributed by atoms with Crippen LogP contribution in [0.5, 0.6) is 0 Å². The Balaban J connectivity index is 2.15. The molecule has 2 aromatic rings. The minimum atomic E-state index is -1.25. The van der Waals surface area contributed by atoms with Crippen LogP contribution in [-0.4, -0.2) is 36.4 Å². The number of carbonyl (C=O) groups excluding carboxylic acids is 2. The van der Waals surface area contributed by atoms with Crippen LogP contribution in [0.1, 0.15) is 31.9 Å². The molecule has 1 unspecified atom stereocenters. The van der Waals surface area contributed by atoms with Crippen molar-refractivity contribution in [3.63, 3.8) is 0 Å². The van der Waals surface area contributed by atoms with Gasteiger partial charge in [-0.3, -0.25) is 4.79 Å². The van der Waals surface area contributed by atoms with Crippen molar-refractivity contribution < 1.29 is 14.0 Å². The fourth-order valence-electron chi connectivity index (χ4n) is 3.03. The third-order valence-corrected chi connectivity index (χ3v) is 4.61. The normalized spacial score (nSPS) is 16.6. The standard InChI is InChI=1S/C21H22ClFN4O2/c1-21(2,3)26-20(29)25-18-19(28)27(4)15-11-7-9-13(22)16(15)17(24-18)12-8-5-6-10-14(12)23/h5-11,18H,1-4H3,(H2,25,26,29). The summed E-state index contributed by atoms with van der Waals surface area (Å²) in [6.07, 6.45) is -1.25. The van der Waals surface area contributed by atoms with Crippen LogP contribution >= 0.6 is 11.6 Å². The van der Waals surface area contributed by atoms with Gasteiger partial charge in [0.15, 0.2) is 0 Å². The Kier molecular flexibility index (Phi) is 5.61. The monoisotopic (exact) mass is 416 g/mol. The number of hydrogen-bond donors (Lipinski definition) is 2. The summed E-state index contributed by atoms with van der Waals surface area (Å²) in [6.45, 7) is 5.45. The van der Waals surface area contributed by atoms with Crippen molar-refractivity contribution in [2.24, 2.45) is 4.99 Å². The van der Waals surface area contributed by atoms with Crippen molar-refractivity contribution in [2.75, 3.05) is 11.9 Å². The molecule has 152 valence electrons. The molecule has 2 aromatic carbocycles.